The molecule has 0 N–H and O–H groups in total. The van der Waals surface area contributed by atoms with Crippen LogP contribution < -0.4 is 0 Å². The smallest absolute Gasteiger partial charge is 0.194 e. The largest absolute Gasteiger partial charge is 0.289 e. The molecule has 3 aromatic rings. The highest BCUT2D eigenvalue weighted by Crippen LogP contribution is 2.21. The molecule has 0 aliphatic carbocycles. The number of carbonyl (C=O) groups is 1. The third-order valence-corrected chi connectivity index (χ3v) is 3.79. The van der Waals surface area contributed by atoms with E-state index in [0.717, 1.165) is 20.9 Å². The number of para-hydroxylation sites is 1. The van der Waals surface area contributed by atoms with Crippen LogP contribution >= 0.6 is 15.9 Å². The Morgan fingerprint density at radius 1 is 1.10 bits per heavy atom. The van der Waals surface area contributed by atoms with Gasteiger partial charge in [-0.1, -0.05) is 40.2 Å². The molecule has 0 saturated carbocycles. The Kier molecular flexibility index (Phi) is 3.36. The number of benzene rings is 2. The van der Waals surface area contributed by atoms with Gasteiger partial charge in [0.25, 0.3) is 0 Å². The molecule has 0 aliphatic rings. The van der Waals surface area contributed by atoms with Gasteiger partial charge in [-0.2, -0.15) is 0 Å². The number of hydrogen-bond donors (Lipinski definition) is 0. The average Bonchev–Trinajstić information content (AvgIpc) is 2.48. The number of fused-ring (bicyclic) bond motifs is 1. The van der Waals surface area contributed by atoms with E-state index in [-0.39, 0.29) is 5.78 Å². The molecule has 20 heavy (non-hydrogen) atoms. The van der Waals surface area contributed by atoms with Crippen LogP contribution in [0.2, 0.25) is 0 Å². The summed E-state index contributed by atoms with van der Waals surface area (Å²) in [5.41, 5.74) is 3.18. The Bertz CT molecular complexity index is 811. The van der Waals surface area contributed by atoms with E-state index in [1.165, 1.54) is 0 Å². The molecule has 0 unspecified atom stereocenters. The highest BCUT2D eigenvalue weighted by Gasteiger charge is 2.13. The molecule has 0 spiro atoms. The van der Waals surface area contributed by atoms with Crippen molar-refractivity contribution in [3.63, 3.8) is 0 Å². The maximum atomic E-state index is 12.6. The number of halogens is 1. The van der Waals surface area contributed by atoms with Crippen LogP contribution in [-0.4, -0.2) is 10.8 Å². The van der Waals surface area contributed by atoms with E-state index in [1.807, 2.05) is 55.5 Å². The Morgan fingerprint density at radius 2 is 1.90 bits per heavy atom. The zero-order chi connectivity index (χ0) is 14.1. The highest BCUT2D eigenvalue weighted by molar-refractivity contribution is 9.10. The first-order valence-corrected chi connectivity index (χ1v) is 7.10. The van der Waals surface area contributed by atoms with E-state index in [4.69, 9.17) is 0 Å². The van der Waals surface area contributed by atoms with E-state index in [2.05, 4.69) is 20.9 Å². The molecule has 2 aromatic carbocycles. The molecule has 98 valence electrons. The van der Waals surface area contributed by atoms with Crippen molar-refractivity contribution in [2.45, 2.75) is 6.92 Å². The Hall–Kier alpha value is -2.00. The Morgan fingerprint density at radius 3 is 2.75 bits per heavy atom. The second kappa shape index (κ2) is 5.17. The summed E-state index contributed by atoms with van der Waals surface area (Å²) in [4.78, 5) is 16.9. The van der Waals surface area contributed by atoms with Crippen molar-refractivity contribution in [3.8, 4) is 0 Å². The van der Waals surface area contributed by atoms with Gasteiger partial charge in [0, 0.05) is 27.2 Å². The van der Waals surface area contributed by atoms with E-state index >= 15 is 0 Å². The van der Waals surface area contributed by atoms with Crippen LogP contribution in [0.4, 0.5) is 0 Å². The predicted octanol–water partition coefficient (Wildman–Crippen LogP) is 4.54. The van der Waals surface area contributed by atoms with Crippen molar-refractivity contribution in [2.24, 2.45) is 0 Å². The summed E-state index contributed by atoms with van der Waals surface area (Å²) in [7, 11) is 0. The molecule has 3 heteroatoms. The summed E-state index contributed by atoms with van der Waals surface area (Å²) < 4.78 is 0.903. The highest BCUT2D eigenvalue weighted by atomic mass is 79.9. The van der Waals surface area contributed by atoms with Crippen molar-refractivity contribution in [3.05, 3.63) is 75.9 Å². The van der Waals surface area contributed by atoms with E-state index in [0.29, 0.717) is 11.1 Å². The number of pyridine rings is 1. The van der Waals surface area contributed by atoms with Gasteiger partial charge in [-0.3, -0.25) is 9.78 Å². The van der Waals surface area contributed by atoms with Gasteiger partial charge in [0.2, 0.25) is 0 Å². The van der Waals surface area contributed by atoms with Gasteiger partial charge in [0.1, 0.15) is 0 Å². The minimum Gasteiger partial charge on any atom is -0.289 e. The zero-order valence-electron chi connectivity index (χ0n) is 10.9. The van der Waals surface area contributed by atoms with Crippen LogP contribution in [0.15, 0.2) is 59.2 Å². The molecular formula is C17H12BrNO. The molecule has 0 amide bonds. The lowest BCUT2D eigenvalue weighted by atomic mass is 9.99. The lowest BCUT2D eigenvalue weighted by Gasteiger charge is -2.06. The van der Waals surface area contributed by atoms with Gasteiger partial charge in [0.05, 0.1) is 5.52 Å². The Labute approximate surface area is 125 Å². The van der Waals surface area contributed by atoms with Crippen LogP contribution in [0.5, 0.6) is 0 Å². The molecule has 0 radical (unpaired) electrons. The number of aromatic nitrogens is 1. The number of carbonyl (C=O) groups excluding carboxylic acids is 1. The first kappa shape index (κ1) is 13.0. The van der Waals surface area contributed by atoms with Crippen LogP contribution in [-0.2, 0) is 0 Å². The van der Waals surface area contributed by atoms with Crippen LogP contribution in [0.1, 0.15) is 21.5 Å². The van der Waals surface area contributed by atoms with Gasteiger partial charge in [-0.15, -0.1) is 0 Å². The van der Waals surface area contributed by atoms with Crippen molar-refractivity contribution in [1.29, 1.82) is 0 Å². The van der Waals surface area contributed by atoms with Gasteiger partial charge in [-0.05, 0) is 36.8 Å². The number of ketones is 1. The van der Waals surface area contributed by atoms with Gasteiger partial charge in [0.15, 0.2) is 5.78 Å². The molecule has 2 nitrogen and oxygen atoms in total. The number of aryl methyl sites for hydroxylation is 1. The standard InChI is InChI=1S/C17H12BrNO/c1-11-6-7-14(18)9-15(11)17(20)13-8-12-4-2-3-5-16(12)19-10-13/h2-10H,1H3. The average molecular weight is 326 g/mol. The maximum absolute atomic E-state index is 12.6. The third kappa shape index (κ3) is 2.37. The lowest BCUT2D eigenvalue weighted by Crippen LogP contribution is -2.04. The van der Waals surface area contributed by atoms with E-state index in [9.17, 15) is 4.79 Å². The summed E-state index contributed by atoms with van der Waals surface area (Å²) in [5.74, 6) is 0.00190. The second-order valence-corrected chi connectivity index (χ2v) is 5.62. The summed E-state index contributed by atoms with van der Waals surface area (Å²) in [6.45, 7) is 1.94. The normalized spacial score (nSPS) is 10.7. The summed E-state index contributed by atoms with van der Waals surface area (Å²) in [5, 5.41) is 0.978. The minimum absolute atomic E-state index is 0.00190. The fraction of sp³-hybridized carbons (Fsp3) is 0.0588. The van der Waals surface area contributed by atoms with Crippen molar-refractivity contribution in [2.75, 3.05) is 0 Å². The molecule has 3 rings (SSSR count). The van der Waals surface area contributed by atoms with Gasteiger partial charge >= 0.3 is 0 Å². The topological polar surface area (TPSA) is 30.0 Å². The molecule has 0 aliphatic heterocycles. The van der Waals surface area contributed by atoms with Crippen LogP contribution in [0.3, 0.4) is 0 Å². The van der Waals surface area contributed by atoms with Gasteiger partial charge < -0.3 is 0 Å². The summed E-state index contributed by atoms with van der Waals surface area (Å²) in [6.07, 6.45) is 1.64. The fourth-order valence-corrected chi connectivity index (χ4v) is 2.55. The van der Waals surface area contributed by atoms with Crippen LogP contribution in [0, 0.1) is 6.92 Å². The summed E-state index contributed by atoms with van der Waals surface area (Å²) in [6, 6.07) is 15.4. The van der Waals surface area contributed by atoms with E-state index < -0.39 is 0 Å². The van der Waals surface area contributed by atoms with Crippen LogP contribution in [0.25, 0.3) is 10.9 Å². The summed E-state index contributed by atoms with van der Waals surface area (Å²) >= 11 is 3.41. The van der Waals surface area contributed by atoms with Crippen molar-refractivity contribution in [1.82, 2.24) is 4.98 Å². The number of rotatable bonds is 2. The lowest BCUT2D eigenvalue weighted by molar-refractivity contribution is 0.103. The predicted molar refractivity (Wildman–Crippen MR) is 84.1 cm³/mol. The molecule has 0 bridgehead atoms. The molecule has 0 saturated heterocycles. The number of hydrogen-bond acceptors (Lipinski definition) is 2. The quantitative estimate of drug-likeness (QED) is 0.647. The fourth-order valence-electron chi connectivity index (χ4n) is 2.19. The third-order valence-electron chi connectivity index (χ3n) is 3.30. The second-order valence-electron chi connectivity index (χ2n) is 4.71. The zero-order valence-corrected chi connectivity index (χ0v) is 12.5. The van der Waals surface area contributed by atoms with Crippen molar-refractivity contribution >= 4 is 32.6 Å². The minimum atomic E-state index is 0.00190. The van der Waals surface area contributed by atoms with Crippen molar-refractivity contribution < 1.29 is 4.79 Å². The molecule has 1 heterocycles. The molecular weight excluding hydrogens is 314 g/mol. The SMILES string of the molecule is Cc1ccc(Br)cc1C(=O)c1cnc2ccccc2c1. The Balaban J connectivity index is 2.10. The first-order valence-electron chi connectivity index (χ1n) is 6.31. The monoisotopic (exact) mass is 325 g/mol. The van der Waals surface area contributed by atoms with E-state index in [1.54, 1.807) is 6.20 Å². The molecule has 1 aromatic heterocycles. The molecule has 0 atom stereocenters. The maximum Gasteiger partial charge on any atom is 0.194 e. The van der Waals surface area contributed by atoms with Gasteiger partial charge in [-0.25, -0.2) is 0 Å². The first-order chi connectivity index (χ1) is 9.65. The number of nitrogens with zero attached hydrogens (tertiary/aromatic N) is 1. The molecule has 0 fully saturated rings.